The summed E-state index contributed by atoms with van der Waals surface area (Å²) in [5, 5.41) is 119. The van der Waals surface area contributed by atoms with Gasteiger partial charge < -0.3 is 137 Å². The van der Waals surface area contributed by atoms with Crippen molar-refractivity contribution in [2.75, 3.05) is 105 Å². The number of unbranched alkanes of at least 4 members (excludes halogenated alkanes) is 7. The van der Waals surface area contributed by atoms with Crippen LogP contribution in [-0.2, 0) is 81.0 Å². The minimum absolute atomic E-state index is 0.0111. The molecule has 15 atom stereocenters. The summed E-state index contributed by atoms with van der Waals surface area (Å²) in [6, 6.07) is -3.27. The first-order valence-electron chi connectivity index (χ1n) is 35.3. The van der Waals surface area contributed by atoms with Crippen molar-refractivity contribution in [3.05, 3.63) is 0 Å². The molecule has 3 aliphatic rings. The molecule has 0 aromatic carbocycles. The second-order valence-electron chi connectivity index (χ2n) is 25.8. The smallest absolute Gasteiger partial charge is 0.245 e. The van der Waals surface area contributed by atoms with Crippen LogP contribution in [0.2, 0.25) is 0 Å². The molecule has 0 bridgehead atoms. The Labute approximate surface area is 590 Å². The first-order chi connectivity index (χ1) is 48.2. The van der Waals surface area contributed by atoms with Crippen molar-refractivity contribution in [3.8, 4) is 0 Å². The van der Waals surface area contributed by atoms with Crippen LogP contribution < -0.4 is 53.2 Å². The van der Waals surface area contributed by atoms with Gasteiger partial charge in [0.25, 0.3) is 0 Å². The first kappa shape index (κ1) is 89.7. The van der Waals surface area contributed by atoms with Gasteiger partial charge in [0.15, 0.2) is 18.9 Å². The van der Waals surface area contributed by atoms with Crippen molar-refractivity contribution in [1.82, 2.24) is 53.2 Å². The van der Waals surface area contributed by atoms with Crippen molar-refractivity contribution < 1.29 is 127 Å². The summed E-state index contributed by atoms with van der Waals surface area (Å²) in [6.07, 6.45) is -7.69. The van der Waals surface area contributed by atoms with Crippen molar-refractivity contribution in [2.24, 2.45) is 0 Å². The van der Waals surface area contributed by atoms with Gasteiger partial charge in [-0.15, -0.1) is 0 Å². The lowest BCUT2D eigenvalue weighted by Crippen LogP contribution is -2.64. The Kier molecular flexibility index (Phi) is 45.2. The van der Waals surface area contributed by atoms with E-state index < -0.39 is 135 Å². The van der Waals surface area contributed by atoms with Crippen LogP contribution in [0.25, 0.3) is 0 Å². The summed E-state index contributed by atoms with van der Waals surface area (Å²) in [5.41, 5.74) is -0.871. The van der Waals surface area contributed by atoms with Crippen LogP contribution >= 0.6 is 0 Å². The summed E-state index contributed by atoms with van der Waals surface area (Å²) in [7, 11) is 0. The van der Waals surface area contributed by atoms with E-state index in [9.17, 15) is 89.1 Å². The van der Waals surface area contributed by atoms with E-state index in [1.54, 1.807) is 0 Å². The maximum absolute atomic E-state index is 13.4. The Bertz CT molecular complexity index is 2180. The van der Waals surface area contributed by atoms with Crippen LogP contribution in [0, 0.1) is 0 Å². The van der Waals surface area contributed by atoms with E-state index in [4.69, 9.17) is 37.9 Å². The van der Waals surface area contributed by atoms with Crippen LogP contribution in [0.3, 0.4) is 0 Å². The normalized spacial score (nSPS) is 25.2. The molecule has 0 spiro atoms. The molecule has 36 heteroatoms. The summed E-state index contributed by atoms with van der Waals surface area (Å²) in [5.74, 6) is -3.20. The molecule has 19 N–H and O–H groups in total. The highest BCUT2D eigenvalue weighted by Crippen LogP contribution is 2.28. The van der Waals surface area contributed by atoms with Crippen molar-refractivity contribution in [2.45, 2.75) is 254 Å². The fourth-order valence-corrected chi connectivity index (χ4v) is 11.5. The van der Waals surface area contributed by atoms with Crippen LogP contribution in [0.15, 0.2) is 0 Å². The quantitative estimate of drug-likeness (QED) is 0.0252. The Morgan fingerprint density at radius 3 is 0.950 bits per heavy atom. The van der Waals surface area contributed by atoms with Gasteiger partial charge in [0.2, 0.25) is 53.2 Å². The number of hydrogen-bond donors (Lipinski definition) is 19. The molecule has 3 fully saturated rings. The number of aliphatic hydroxyl groups excluding tert-OH is 9. The number of aliphatic hydroxyl groups is 9. The molecule has 9 amide bonds. The number of amides is 9. The molecule has 3 saturated heterocycles. The van der Waals surface area contributed by atoms with Gasteiger partial charge in [-0.2, -0.15) is 0 Å². The monoisotopic (exact) mass is 1450 g/mol. The van der Waals surface area contributed by atoms with Gasteiger partial charge in [-0.05, 0) is 89.9 Å². The number of carbonyl (C=O) groups excluding carboxylic acids is 9. The Morgan fingerprint density at radius 1 is 0.366 bits per heavy atom. The number of hydrogen-bond acceptors (Lipinski definition) is 27. The van der Waals surface area contributed by atoms with Gasteiger partial charge >= 0.3 is 0 Å². The summed E-state index contributed by atoms with van der Waals surface area (Å²) < 4.78 is 44.9. The highest BCUT2D eigenvalue weighted by Gasteiger charge is 2.48. The third-order valence-electron chi connectivity index (χ3n) is 16.9. The van der Waals surface area contributed by atoms with E-state index in [1.165, 1.54) is 20.8 Å². The molecule has 3 rings (SSSR count). The molecular weight excluding hydrogens is 1340 g/mol. The molecule has 101 heavy (non-hydrogen) atoms. The van der Waals surface area contributed by atoms with Gasteiger partial charge in [-0.25, -0.2) is 0 Å². The number of carbonyl (C=O) groups is 9. The van der Waals surface area contributed by atoms with E-state index in [0.29, 0.717) is 96.8 Å². The number of rotatable bonds is 53. The van der Waals surface area contributed by atoms with Crippen molar-refractivity contribution >= 4 is 53.2 Å². The molecule has 36 nitrogen and oxygen atoms in total. The molecule has 0 aliphatic carbocycles. The molecule has 3 aliphatic heterocycles. The summed E-state index contributed by atoms with van der Waals surface area (Å²) in [4.78, 5) is 113. The molecule has 0 aromatic rings. The highest BCUT2D eigenvalue weighted by molar-refractivity contribution is 5.79. The largest absolute Gasteiger partial charge is 0.394 e. The molecule has 0 aromatic heterocycles. The topological polar surface area (TPSA) is 530 Å². The standard InChI is InChI=1S/C65H118N10O26/c1-40(2)75-65(21-18-48(83)67-27-13-9-17-47(82)66-24-10-6-14-30-96-62-53(72-41(3)79)59(91)56(88)44(35-76)99-62,22-19-49(84)70-28-33-94-38-51(86)68-25-11-7-15-31-97-63-54(73-42(4)80)60(92)57(89)45(36-77)100-63)23-20-50(85)71-29-34-95-39-52(87)69-26-12-8-16-32-98-64-55(74-43(5)81)61(93)58(90)46(37-78)101-64/h40,44-46,53-64,75-78,88-93H,6-39H2,1-5H3,(H,66,82)(H,67,83)(H,68,86)(H,69,87)(H,70,84)(H,71,85)(H,72,79)(H,73,80)(H,74,81)/t44-,45-,46-,53-,54-,55-,56+,57+,58+,59-,60-,61-,62-,63-,64-/m1/s1. The molecule has 584 valence electrons. The fourth-order valence-electron chi connectivity index (χ4n) is 11.5. The van der Waals surface area contributed by atoms with E-state index in [-0.39, 0.29) is 146 Å². The van der Waals surface area contributed by atoms with E-state index in [0.717, 1.165) is 0 Å². The van der Waals surface area contributed by atoms with Crippen LogP contribution in [0.5, 0.6) is 0 Å². The number of ether oxygens (including phenoxy) is 8. The lowest BCUT2D eigenvalue weighted by Gasteiger charge is -2.42. The SMILES string of the molecule is CC(=O)N[C@H]1[C@H](OCCCCCNC(=O)CCCCNC(=O)CCC(CCC(=O)NCCOCC(=O)NCCCCCO[C@@H]2O[C@H](CO)[C@H](O)[C@H](O)[C@H]2NC(C)=O)(CCC(=O)NCCOCC(=O)NCCCCCO[C@@H]2O[C@H](CO)[C@H](O)[C@H](O)[C@H]2NC(C)=O)NC(C)C)O[C@H](CO)[C@H](O)[C@@H]1O. The Hall–Kier alpha value is -5.49. The van der Waals surface area contributed by atoms with Gasteiger partial charge in [0, 0.05) is 117 Å². The predicted molar refractivity (Wildman–Crippen MR) is 358 cm³/mol. The maximum Gasteiger partial charge on any atom is 0.245 e. The maximum atomic E-state index is 13.4. The van der Waals surface area contributed by atoms with Crippen LogP contribution in [0.1, 0.15) is 150 Å². The first-order valence-corrected chi connectivity index (χ1v) is 35.3. The highest BCUT2D eigenvalue weighted by atomic mass is 16.7. The zero-order valence-electron chi connectivity index (χ0n) is 59.2. The van der Waals surface area contributed by atoms with Gasteiger partial charge in [-0.1, -0.05) is 13.8 Å². The van der Waals surface area contributed by atoms with Crippen LogP contribution in [-0.4, -0.2) is 308 Å². The third-order valence-corrected chi connectivity index (χ3v) is 16.9. The predicted octanol–water partition coefficient (Wildman–Crippen LogP) is -5.64. The van der Waals surface area contributed by atoms with E-state index >= 15 is 0 Å². The lowest BCUT2D eigenvalue weighted by molar-refractivity contribution is -0.270. The molecule has 0 unspecified atom stereocenters. The Balaban J connectivity index is 1.41. The average molecular weight is 1460 g/mol. The van der Waals surface area contributed by atoms with Gasteiger partial charge in [0.1, 0.15) is 86.3 Å². The zero-order valence-corrected chi connectivity index (χ0v) is 59.2. The van der Waals surface area contributed by atoms with Gasteiger partial charge in [-0.3, -0.25) is 43.2 Å². The third kappa shape index (κ3) is 36.2. The van der Waals surface area contributed by atoms with E-state index in [2.05, 4.69) is 53.2 Å². The second-order valence-corrected chi connectivity index (χ2v) is 25.8. The molecule has 3 heterocycles. The fraction of sp³-hybridized carbons (Fsp3) is 0.862. The van der Waals surface area contributed by atoms with Crippen molar-refractivity contribution in [1.29, 1.82) is 0 Å². The second kappa shape index (κ2) is 50.8. The average Bonchev–Trinajstić information content (AvgIpc) is 0.824. The van der Waals surface area contributed by atoms with Crippen molar-refractivity contribution in [3.63, 3.8) is 0 Å². The number of nitrogens with one attached hydrogen (secondary N) is 10. The molecule has 0 saturated carbocycles. The molecule has 0 radical (unpaired) electrons. The minimum atomic E-state index is -1.43. The Morgan fingerprint density at radius 2 is 0.653 bits per heavy atom. The minimum Gasteiger partial charge on any atom is -0.394 e. The van der Waals surface area contributed by atoms with Crippen LogP contribution in [0.4, 0.5) is 0 Å². The summed E-state index contributed by atoms with van der Waals surface area (Å²) >= 11 is 0. The zero-order chi connectivity index (χ0) is 74.7. The molecular formula is C65H118N10O26. The summed E-state index contributed by atoms with van der Waals surface area (Å²) in [6.45, 7) is 7.51. The van der Waals surface area contributed by atoms with E-state index in [1.807, 2.05) is 13.8 Å². The lowest BCUT2D eigenvalue weighted by atomic mass is 9.82. The van der Waals surface area contributed by atoms with Gasteiger partial charge in [0.05, 0.1) is 33.0 Å².